The molecule has 0 aliphatic rings. The third kappa shape index (κ3) is 6.45. The Hall–Kier alpha value is -2.28. The Labute approximate surface area is 142 Å². The van der Waals surface area contributed by atoms with Crippen LogP contribution in [-0.4, -0.2) is 45.1 Å². The predicted octanol–water partition coefficient (Wildman–Crippen LogP) is 2.41. The van der Waals surface area contributed by atoms with E-state index in [4.69, 9.17) is 5.73 Å². The topological polar surface area (TPSA) is 92.3 Å². The normalized spacial score (nSPS) is 12.0. The largest absolute Gasteiger partial charge is 0.392 e. The third-order valence-electron chi connectivity index (χ3n) is 2.95. The van der Waals surface area contributed by atoms with Crippen LogP contribution in [0.5, 0.6) is 0 Å². The summed E-state index contributed by atoms with van der Waals surface area (Å²) < 4.78 is 13.7. The van der Waals surface area contributed by atoms with Crippen LogP contribution < -0.4 is 5.73 Å². The smallest absolute Gasteiger partial charge is 0.249 e. The number of rotatable bonds is 6. The summed E-state index contributed by atoms with van der Waals surface area (Å²) >= 11 is 0. The van der Waals surface area contributed by atoms with Crippen molar-refractivity contribution in [2.75, 3.05) is 18.8 Å². The number of amides is 1. The number of hydrogen-bond acceptors (Lipinski definition) is 5. The minimum atomic E-state index is -0.660. The Balaban J connectivity index is 0.00000254. The molecule has 7 heteroatoms. The van der Waals surface area contributed by atoms with Crippen LogP contribution in [0.3, 0.4) is 0 Å². The van der Waals surface area contributed by atoms with Gasteiger partial charge in [0.15, 0.2) is 5.82 Å². The summed E-state index contributed by atoms with van der Waals surface area (Å²) in [7, 11) is 0. The first-order valence-electron chi connectivity index (χ1n) is 7.89. The molecule has 0 radical (unpaired) electrons. The van der Waals surface area contributed by atoms with E-state index in [1.807, 2.05) is 20.8 Å². The third-order valence-corrected chi connectivity index (χ3v) is 2.95. The average Bonchev–Trinajstić information content (AvgIpc) is 2.55. The Bertz CT molecular complexity index is 600. The molecule has 1 aromatic heterocycles. The molecule has 0 saturated carbocycles. The van der Waals surface area contributed by atoms with Crippen LogP contribution in [0.25, 0.3) is 5.57 Å². The van der Waals surface area contributed by atoms with Gasteiger partial charge in [-0.2, -0.15) is 0 Å². The van der Waals surface area contributed by atoms with Gasteiger partial charge in [0.1, 0.15) is 5.69 Å². The molecule has 0 aromatic carbocycles. The van der Waals surface area contributed by atoms with Crippen molar-refractivity contribution in [1.29, 1.82) is 0 Å². The van der Waals surface area contributed by atoms with E-state index in [9.17, 15) is 14.3 Å². The minimum Gasteiger partial charge on any atom is -0.392 e. The van der Waals surface area contributed by atoms with Crippen LogP contribution in [-0.2, 0) is 4.79 Å². The molecule has 1 unspecified atom stereocenters. The molecule has 1 atom stereocenters. The van der Waals surface area contributed by atoms with E-state index in [1.165, 1.54) is 11.0 Å². The number of nitrogen functional groups attached to an aromatic ring is 1. The predicted molar refractivity (Wildman–Crippen MR) is 94.5 cm³/mol. The number of aliphatic hydroxyl groups is 1. The molecule has 3 N–H and O–H groups in total. The summed E-state index contributed by atoms with van der Waals surface area (Å²) in [5, 5.41) is 9.40. The maximum atomic E-state index is 13.7. The van der Waals surface area contributed by atoms with Crippen LogP contribution in [0, 0.1) is 5.82 Å². The number of anilines is 1. The molecule has 1 aromatic rings. The van der Waals surface area contributed by atoms with Gasteiger partial charge in [-0.3, -0.25) is 4.79 Å². The lowest BCUT2D eigenvalue weighted by Gasteiger charge is -2.22. The lowest BCUT2D eigenvalue weighted by atomic mass is 10.1. The number of likely N-dealkylation sites (N-methyl/N-ethyl adjacent to an activating group) is 1. The van der Waals surface area contributed by atoms with Gasteiger partial charge in [0.25, 0.3) is 0 Å². The van der Waals surface area contributed by atoms with Gasteiger partial charge >= 0.3 is 0 Å². The maximum Gasteiger partial charge on any atom is 0.249 e. The molecule has 1 rings (SSSR count). The summed E-state index contributed by atoms with van der Waals surface area (Å²) in [6.45, 7) is 13.4. The first-order valence-corrected chi connectivity index (χ1v) is 7.89. The van der Waals surface area contributed by atoms with Gasteiger partial charge < -0.3 is 15.7 Å². The fourth-order valence-electron chi connectivity index (χ4n) is 1.92. The molecule has 0 fully saturated rings. The Morgan fingerprint density at radius 3 is 2.62 bits per heavy atom. The van der Waals surface area contributed by atoms with Crippen molar-refractivity contribution in [3.8, 4) is 0 Å². The number of carbonyl (C=O) groups excluding carboxylic acids is 1. The Morgan fingerprint density at radius 1 is 1.54 bits per heavy atom. The minimum absolute atomic E-state index is 0.0433. The van der Waals surface area contributed by atoms with E-state index in [-0.39, 0.29) is 29.7 Å². The molecular formula is C17H27FN4O2. The summed E-state index contributed by atoms with van der Waals surface area (Å²) in [5.74, 6) is -0.988. The van der Waals surface area contributed by atoms with E-state index >= 15 is 0 Å². The van der Waals surface area contributed by atoms with Gasteiger partial charge in [0.2, 0.25) is 11.9 Å². The first kappa shape index (κ1) is 21.7. The summed E-state index contributed by atoms with van der Waals surface area (Å²) in [5.41, 5.74) is 5.98. The SMILES string of the molecule is C=C(/C=C(\C)C(=O)N(CC)CC(C)O)c1nc(N)ncc1F.CC. The van der Waals surface area contributed by atoms with Gasteiger partial charge in [-0.05, 0) is 32.4 Å². The van der Waals surface area contributed by atoms with Crippen molar-refractivity contribution in [3.63, 3.8) is 0 Å². The highest BCUT2D eigenvalue weighted by molar-refractivity contribution is 5.95. The van der Waals surface area contributed by atoms with Crippen molar-refractivity contribution in [2.45, 2.75) is 40.7 Å². The molecule has 0 aliphatic carbocycles. The highest BCUT2D eigenvalue weighted by Gasteiger charge is 2.16. The second kappa shape index (κ2) is 10.5. The fourth-order valence-corrected chi connectivity index (χ4v) is 1.92. The molecule has 6 nitrogen and oxygen atoms in total. The van der Waals surface area contributed by atoms with E-state index in [1.54, 1.807) is 13.8 Å². The van der Waals surface area contributed by atoms with Crippen molar-refractivity contribution in [3.05, 3.63) is 35.9 Å². The van der Waals surface area contributed by atoms with E-state index < -0.39 is 11.9 Å². The molecule has 1 heterocycles. The average molecular weight is 338 g/mol. The van der Waals surface area contributed by atoms with Gasteiger partial charge in [0.05, 0.1) is 12.3 Å². The number of halogens is 1. The van der Waals surface area contributed by atoms with Crippen LogP contribution in [0.2, 0.25) is 0 Å². The van der Waals surface area contributed by atoms with Gasteiger partial charge in [-0.25, -0.2) is 14.4 Å². The number of allylic oxidation sites excluding steroid dienone is 2. The molecule has 0 bridgehead atoms. The second-order valence-electron chi connectivity index (χ2n) is 4.97. The number of aromatic nitrogens is 2. The van der Waals surface area contributed by atoms with Crippen LogP contribution >= 0.6 is 0 Å². The number of hydrogen-bond donors (Lipinski definition) is 2. The molecule has 0 aliphatic heterocycles. The lowest BCUT2D eigenvalue weighted by molar-refractivity contribution is -0.128. The number of nitrogens with two attached hydrogens (primary N) is 1. The molecule has 1 amide bonds. The van der Waals surface area contributed by atoms with Gasteiger partial charge in [-0.15, -0.1) is 0 Å². The van der Waals surface area contributed by atoms with Crippen LogP contribution in [0.15, 0.2) is 24.4 Å². The van der Waals surface area contributed by atoms with E-state index in [0.717, 1.165) is 6.20 Å². The monoisotopic (exact) mass is 338 g/mol. The zero-order valence-electron chi connectivity index (χ0n) is 15.0. The zero-order chi connectivity index (χ0) is 18.9. The first-order chi connectivity index (χ1) is 11.3. The summed E-state index contributed by atoms with van der Waals surface area (Å²) in [6.07, 6.45) is 1.77. The number of aliphatic hydroxyl groups excluding tert-OH is 1. The van der Waals surface area contributed by atoms with Gasteiger partial charge in [-0.1, -0.05) is 20.4 Å². The Morgan fingerprint density at radius 2 is 2.12 bits per heavy atom. The van der Waals surface area contributed by atoms with Crippen molar-refractivity contribution >= 4 is 17.4 Å². The molecular weight excluding hydrogens is 311 g/mol. The van der Waals surface area contributed by atoms with Crippen molar-refractivity contribution in [2.24, 2.45) is 0 Å². The van der Waals surface area contributed by atoms with E-state index in [0.29, 0.717) is 12.1 Å². The standard InChI is InChI=1S/C15H21FN4O2.C2H6/c1-5-20(8-11(4)21)14(22)10(3)6-9(2)13-12(16)7-18-15(17)19-13;1-2/h6-7,11,21H,2,5,8H2,1,3-4H3,(H2,17,18,19);1-2H3/b10-6+;. The maximum absolute atomic E-state index is 13.7. The van der Waals surface area contributed by atoms with Crippen LogP contribution in [0.1, 0.15) is 40.3 Å². The molecule has 0 saturated heterocycles. The van der Waals surface area contributed by atoms with Crippen molar-refractivity contribution in [1.82, 2.24) is 14.9 Å². The number of nitrogens with zero attached hydrogens (tertiary/aromatic N) is 3. The highest BCUT2D eigenvalue weighted by atomic mass is 19.1. The molecule has 134 valence electrons. The Kier molecular flexibility index (Phi) is 9.49. The summed E-state index contributed by atoms with van der Waals surface area (Å²) in [4.78, 5) is 21.1. The zero-order valence-corrected chi connectivity index (χ0v) is 15.0. The highest BCUT2D eigenvalue weighted by Crippen LogP contribution is 2.18. The molecule has 24 heavy (non-hydrogen) atoms. The molecule has 0 spiro atoms. The fraction of sp³-hybridized carbons (Fsp3) is 0.471. The van der Waals surface area contributed by atoms with E-state index in [2.05, 4.69) is 16.5 Å². The van der Waals surface area contributed by atoms with Crippen LogP contribution in [0.4, 0.5) is 10.3 Å². The lowest BCUT2D eigenvalue weighted by Crippen LogP contribution is -2.36. The second-order valence-corrected chi connectivity index (χ2v) is 4.97. The van der Waals surface area contributed by atoms with Crippen molar-refractivity contribution < 1.29 is 14.3 Å². The number of carbonyl (C=O) groups is 1. The summed E-state index contributed by atoms with van der Waals surface area (Å²) in [6, 6.07) is 0. The quantitative estimate of drug-likeness (QED) is 0.614. The van der Waals surface area contributed by atoms with Gasteiger partial charge in [0, 0.05) is 18.7 Å².